The van der Waals surface area contributed by atoms with Crippen molar-refractivity contribution < 1.29 is 19.2 Å². The van der Waals surface area contributed by atoms with Crippen molar-refractivity contribution in [2.75, 3.05) is 26.9 Å². The topological polar surface area (TPSA) is 81.9 Å². The second kappa shape index (κ2) is 4.20. The number of methoxy groups -OCH3 is 1. The molecule has 0 saturated carbocycles. The number of rotatable bonds is 4. The lowest BCUT2D eigenvalue weighted by atomic mass is 10.1. The number of carbonyl (C=O) groups excluding carboxylic acids is 2. The molecule has 1 rings (SSSR count). The first kappa shape index (κ1) is 9.94. The third kappa shape index (κ3) is 2.16. The van der Waals surface area contributed by atoms with Gasteiger partial charge in [0.15, 0.2) is 0 Å². The largest absolute Gasteiger partial charge is 0.383 e. The highest BCUT2D eigenvalue weighted by Crippen LogP contribution is 2.13. The first-order valence-electron chi connectivity index (χ1n) is 3.89. The lowest BCUT2D eigenvalue weighted by Gasteiger charge is -2.12. The van der Waals surface area contributed by atoms with Crippen LogP contribution in [0.15, 0.2) is 0 Å². The van der Waals surface area contributed by atoms with E-state index in [1.165, 1.54) is 7.11 Å². The van der Waals surface area contributed by atoms with Crippen molar-refractivity contribution in [1.29, 1.82) is 0 Å². The van der Waals surface area contributed by atoms with Gasteiger partial charge in [-0.15, -0.1) is 0 Å². The van der Waals surface area contributed by atoms with E-state index in [0.29, 0.717) is 13.2 Å². The Morgan fingerprint density at radius 2 is 2.54 bits per heavy atom. The van der Waals surface area contributed by atoms with Crippen molar-refractivity contribution in [3.63, 3.8) is 0 Å². The van der Waals surface area contributed by atoms with Crippen LogP contribution in [0.4, 0.5) is 0 Å². The standard InChI is InChI=1S/C7H12N2O4/c1-12-3-2-9-7(11)5(4-13-9)6(8)10/h5H,2-4H2,1H3,(H2,8,10)/t5-/m1/s1. The van der Waals surface area contributed by atoms with Crippen LogP contribution < -0.4 is 5.73 Å². The number of carbonyl (C=O) groups is 2. The number of primary amides is 1. The van der Waals surface area contributed by atoms with Gasteiger partial charge in [0.25, 0.3) is 5.91 Å². The molecule has 0 unspecified atom stereocenters. The predicted molar refractivity (Wildman–Crippen MR) is 42.2 cm³/mol. The zero-order valence-corrected chi connectivity index (χ0v) is 7.36. The molecule has 74 valence electrons. The van der Waals surface area contributed by atoms with Gasteiger partial charge in [0, 0.05) is 7.11 Å². The third-order valence-electron chi connectivity index (χ3n) is 1.78. The van der Waals surface area contributed by atoms with Gasteiger partial charge in [-0.1, -0.05) is 0 Å². The van der Waals surface area contributed by atoms with Crippen LogP contribution in [0.5, 0.6) is 0 Å². The number of nitrogens with zero attached hydrogens (tertiary/aromatic N) is 1. The summed E-state index contributed by atoms with van der Waals surface area (Å²) in [5.74, 6) is -1.87. The van der Waals surface area contributed by atoms with Crippen LogP contribution in [0.2, 0.25) is 0 Å². The van der Waals surface area contributed by atoms with Crippen molar-refractivity contribution in [2.45, 2.75) is 0 Å². The molecule has 1 heterocycles. The van der Waals surface area contributed by atoms with E-state index in [-0.39, 0.29) is 12.5 Å². The number of hydrogen-bond donors (Lipinski definition) is 1. The molecule has 1 saturated heterocycles. The van der Waals surface area contributed by atoms with Crippen LogP contribution in [-0.2, 0) is 19.2 Å². The second-order valence-electron chi connectivity index (χ2n) is 2.68. The van der Waals surface area contributed by atoms with Gasteiger partial charge >= 0.3 is 0 Å². The normalized spacial score (nSPS) is 22.4. The highest BCUT2D eigenvalue weighted by atomic mass is 16.7. The summed E-state index contributed by atoms with van der Waals surface area (Å²) in [5.41, 5.74) is 4.98. The summed E-state index contributed by atoms with van der Waals surface area (Å²) in [4.78, 5) is 26.9. The van der Waals surface area contributed by atoms with E-state index in [4.69, 9.17) is 15.3 Å². The highest BCUT2D eigenvalue weighted by Gasteiger charge is 2.36. The number of hydroxylamine groups is 2. The van der Waals surface area contributed by atoms with E-state index in [2.05, 4.69) is 0 Å². The SMILES string of the molecule is COCCN1OC[C@H](C(N)=O)C1=O. The van der Waals surface area contributed by atoms with E-state index < -0.39 is 11.8 Å². The molecule has 0 bridgehead atoms. The van der Waals surface area contributed by atoms with Crippen LogP contribution in [0, 0.1) is 5.92 Å². The molecule has 0 aromatic heterocycles. The van der Waals surface area contributed by atoms with Gasteiger partial charge in [-0.3, -0.25) is 14.4 Å². The molecule has 0 radical (unpaired) electrons. The van der Waals surface area contributed by atoms with Crippen molar-refractivity contribution >= 4 is 11.8 Å². The maximum atomic E-state index is 11.3. The third-order valence-corrected chi connectivity index (χ3v) is 1.78. The highest BCUT2D eigenvalue weighted by molar-refractivity contribution is 6.00. The summed E-state index contributed by atoms with van der Waals surface area (Å²) in [5, 5.41) is 1.11. The predicted octanol–water partition coefficient (Wildman–Crippen LogP) is -1.49. The minimum atomic E-state index is -0.836. The Morgan fingerprint density at radius 1 is 1.85 bits per heavy atom. The summed E-state index contributed by atoms with van der Waals surface area (Å²) in [7, 11) is 1.52. The molecule has 1 fully saturated rings. The number of amides is 2. The summed E-state index contributed by atoms with van der Waals surface area (Å²) < 4.78 is 4.76. The van der Waals surface area contributed by atoms with Crippen molar-refractivity contribution in [3.8, 4) is 0 Å². The smallest absolute Gasteiger partial charge is 0.261 e. The van der Waals surface area contributed by atoms with Crippen molar-refractivity contribution in [3.05, 3.63) is 0 Å². The maximum absolute atomic E-state index is 11.3. The van der Waals surface area contributed by atoms with Crippen LogP contribution in [-0.4, -0.2) is 43.7 Å². The van der Waals surface area contributed by atoms with E-state index >= 15 is 0 Å². The fourth-order valence-corrected chi connectivity index (χ4v) is 1.03. The molecule has 0 aromatic carbocycles. The molecule has 1 aliphatic heterocycles. The molecule has 1 aliphatic rings. The van der Waals surface area contributed by atoms with Crippen LogP contribution in [0.25, 0.3) is 0 Å². The Kier molecular flexibility index (Phi) is 3.21. The second-order valence-corrected chi connectivity index (χ2v) is 2.68. The zero-order chi connectivity index (χ0) is 9.84. The van der Waals surface area contributed by atoms with E-state index in [0.717, 1.165) is 5.06 Å². The fraction of sp³-hybridized carbons (Fsp3) is 0.714. The van der Waals surface area contributed by atoms with Gasteiger partial charge in [-0.25, -0.2) is 5.06 Å². The molecule has 0 aromatic rings. The average molecular weight is 188 g/mol. The minimum absolute atomic E-state index is 0.0396. The van der Waals surface area contributed by atoms with Crippen LogP contribution >= 0.6 is 0 Å². The van der Waals surface area contributed by atoms with Gasteiger partial charge in [-0.05, 0) is 0 Å². The van der Waals surface area contributed by atoms with Gasteiger partial charge in [0.2, 0.25) is 5.91 Å². The maximum Gasteiger partial charge on any atom is 0.261 e. The quantitative estimate of drug-likeness (QED) is 0.545. The zero-order valence-electron chi connectivity index (χ0n) is 7.36. The molecule has 6 nitrogen and oxygen atoms in total. The Hall–Kier alpha value is -1.14. The molecule has 2 N–H and O–H groups in total. The van der Waals surface area contributed by atoms with Crippen LogP contribution in [0.1, 0.15) is 0 Å². The van der Waals surface area contributed by atoms with E-state index in [1.54, 1.807) is 0 Å². The van der Waals surface area contributed by atoms with Gasteiger partial charge in [0.05, 0.1) is 19.8 Å². The lowest BCUT2D eigenvalue weighted by Crippen LogP contribution is -2.35. The number of hydrogen-bond acceptors (Lipinski definition) is 4. The monoisotopic (exact) mass is 188 g/mol. The molecule has 0 aliphatic carbocycles. The molecule has 1 atom stereocenters. The molecule has 0 spiro atoms. The van der Waals surface area contributed by atoms with Gasteiger partial charge in [0.1, 0.15) is 5.92 Å². The van der Waals surface area contributed by atoms with Gasteiger partial charge in [-0.2, -0.15) is 0 Å². The number of nitrogens with two attached hydrogens (primary N) is 1. The van der Waals surface area contributed by atoms with Crippen LogP contribution in [0.3, 0.4) is 0 Å². The first-order chi connectivity index (χ1) is 6.16. The van der Waals surface area contributed by atoms with E-state index in [9.17, 15) is 9.59 Å². The Labute approximate surface area is 75.5 Å². The molecular weight excluding hydrogens is 176 g/mol. The molecule has 13 heavy (non-hydrogen) atoms. The summed E-state index contributed by atoms with van der Waals surface area (Å²) in [6, 6.07) is 0. The summed E-state index contributed by atoms with van der Waals surface area (Å²) in [6.07, 6.45) is 0. The summed E-state index contributed by atoms with van der Waals surface area (Å²) >= 11 is 0. The Morgan fingerprint density at radius 3 is 3.00 bits per heavy atom. The fourth-order valence-electron chi connectivity index (χ4n) is 1.03. The Balaban J connectivity index is 2.45. The van der Waals surface area contributed by atoms with E-state index in [1.807, 2.05) is 0 Å². The van der Waals surface area contributed by atoms with Crippen molar-refractivity contribution in [2.24, 2.45) is 11.7 Å². The number of ether oxygens (including phenoxy) is 1. The minimum Gasteiger partial charge on any atom is -0.383 e. The molecule has 2 amide bonds. The van der Waals surface area contributed by atoms with Gasteiger partial charge < -0.3 is 10.5 Å². The molecule has 6 heteroatoms. The summed E-state index contributed by atoms with van der Waals surface area (Å²) in [6.45, 7) is 0.730. The first-order valence-corrected chi connectivity index (χ1v) is 3.89. The van der Waals surface area contributed by atoms with Crippen molar-refractivity contribution in [1.82, 2.24) is 5.06 Å². The lowest BCUT2D eigenvalue weighted by molar-refractivity contribution is -0.164. The Bertz CT molecular complexity index is 219. The molecular formula is C7H12N2O4. The average Bonchev–Trinajstić information content (AvgIpc) is 2.43.